The summed E-state index contributed by atoms with van der Waals surface area (Å²) < 4.78 is 11.2. The second kappa shape index (κ2) is 7.38. The Balaban J connectivity index is 1.77. The fourth-order valence-electron chi connectivity index (χ4n) is 2.27. The molecule has 0 aliphatic carbocycles. The molecule has 9 nitrogen and oxygen atoms in total. The molecule has 138 valence electrons. The van der Waals surface area contributed by atoms with E-state index in [4.69, 9.17) is 32.0 Å². The Labute approximate surface area is 156 Å². The van der Waals surface area contributed by atoms with Crippen LogP contribution in [0, 0.1) is 0 Å². The molecule has 0 unspecified atom stereocenters. The monoisotopic (exact) mass is 399 g/mol. The highest BCUT2D eigenvalue weighted by atomic mass is 35.5. The lowest BCUT2D eigenvalue weighted by atomic mass is 10.1. The molecule has 2 aromatic heterocycles. The number of nitrogens with zero attached hydrogens (tertiary/aromatic N) is 3. The van der Waals surface area contributed by atoms with Gasteiger partial charge in [-0.1, -0.05) is 23.2 Å². The van der Waals surface area contributed by atoms with Gasteiger partial charge >= 0.3 is 11.5 Å². The number of hydrogen-bond acceptors (Lipinski definition) is 7. The molecular weight excluding hydrogens is 385 g/mol. The highest BCUT2D eigenvalue weighted by molar-refractivity contribution is 6.36. The van der Waals surface area contributed by atoms with Crippen molar-refractivity contribution in [1.29, 1.82) is 0 Å². The van der Waals surface area contributed by atoms with Gasteiger partial charge in [-0.25, -0.2) is 14.7 Å². The van der Waals surface area contributed by atoms with E-state index >= 15 is 0 Å². The summed E-state index contributed by atoms with van der Waals surface area (Å²) in [6.45, 7) is 3.84. The standard InChI is InChI=1S/C15H15Cl2N5O4/c1-7(2)22-15(24)26-12(21-22)5-9-10(16)3-8(4-11(9)17)18-6-13-19-20-14(23)25-13/h3-4,7,18H,5-6H2,1-2H3,(H,20,23). The molecule has 0 saturated carbocycles. The smallest absolute Gasteiger partial charge is 0.392 e. The van der Waals surface area contributed by atoms with Crippen LogP contribution in [-0.4, -0.2) is 20.0 Å². The molecule has 11 heteroatoms. The van der Waals surface area contributed by atoms with Crippen LogP contribution in [0.4, 0.5) is 5.69 Å². The maximum absolute atomic E-state index is 11.7. The van der Waals surface area contributed by atoms with Crippen molar-refractivity contribution in [3.05, 3.63) is 60.6 Å². The van der Waals surface area contributed by atoms with E-state index in [9.17, 15) is 9.59 Å². The highest BCUT2D eigenvalue weighted by Gasteiger charge is 2.16. The first-order chi connectivity index (χ1) is 12.3. The molecule has 2 N–H and O–H groups in total. The summed E-state index contributed by atoms with van der Waals surface area (Å²) in [5, 5.41) is 13.8. The van der Waals surface area contributed by atoms with Crippen molar-refractivity contribution >= 4 is 28.9 Å². The minimum Gasteiger partial charge on any atom is -0.392 e. The van der Waals surface area contributed by atoms with E-state index in [2.05, 4.69) is 20.6 Å². The SMILES string of the molecule is CC(C)n1nc(Cc2c(Cl)cc(NCc3n[nH]c(=O)o3)cc2Cl)oc1=O. The van der Waals surface area contributed by atoms with Crippen LogP contribution in [0.5, 0.6) is 0 Å². The van der Waals surface area contributed by atoms with Crippen molar-refractivity contribution in [3.8, 4) is 0 Å². The third-order valence-electron chi connectivity index (χ3n) is 3.50. The number of hydrogen-bond donors (Lipinski definition) is 2. The first-order valence-corrected chi connectivity index (χ1v) is 8.43. The lowest BCUT2D eigenvalue weighted by Gasteiger charge is -2.09. The Hall–Kier alpha value is -2.52. The van der Waals surface area contributed by atoms with E-state index in [1.807, 2.05) is 13.8 Å². The Morgan fingerprint density at radius 2 is 1.88 bits per heavy atom. The number of rotatable bonds is 6. The van der Waals surface area contributed by atoms with Crippen LogP contribution in [0.25, 0.3) is 0 Å². The molecule has 0 radical (unpaired) electrons. The molecule has 26 heavy (non-hydrogen) atoms. The first-order valence-electron chi connectivity index (χ1n) is 7.68. The van der Waals surface area contributed by atoms with Crippen LogP contribution >= 0.6 is 23.2 Å². The summed E-state index contributed by atoms with van der Waals surface area (Å²) in [4.78, 5) is 22.6. The van der Waals surface area contributed by atoms with Gasteiger partial charge in [0.25, 0.3) is 0 Å². The van der Waals surface area contributed by atoms with Crippen LogP contribution < -0.4 is 16.8 Å². The molecule has 0 saturated heterocycles. The zero-order valence-corrected chi connectivity index (χ0v) is 15.4. The normalized spacial score (nSPS) is 11.3. The van der Waals surface area contributed by atoms with E-state index in [1.54, 1.807) is 12.1 Å². The average Bonchev–Trinajstić information content (AvgIpc) is 3.14. The largest absolute Gasteiger partial charge is 0.437 e. The summed E-state index contributed by atoms with van der Waals surface area (Å²) in [7, 11) is 0. The maximum atomic E-state index is 11.7. The van der Waals surface area contributed by atoms with Crippen molar-refractivity contribution in [3.63, 3.8) is 0 Å². The summed E-state index contributed by atoms with van der Waals surface area (Å²) in [5.41, 5.74) is 1.20. The molecule has 1 aromatic carbocycles. The Morgan fingerprint density at radius 3 is 2.42 bits per heavy atom. The number of aromatic nitrogens is 4. The van der Waals surface area contributed by atoms with Crippen LogP contribution in [0.1, 0.15) is 37.2 Å². The molecule has 0 aliphatic heterocycles. The van der Waals surface area contributed by atoms with Gasteiger partial charge in [-0.2, -0.15) is 4.68 Å². The first kappa shape index (κ1) is 18.3. The van der Waals surface area contributed by atoms with Crippen molar-refractivity contribution in [2.24, 2.45) is 0 Å². The highest BCUT2D eigenvalue weighted by Crippen LogP contribution is 2.30. The predicted octanol–water partition coefficient (Wildman–Crippen LogP) is 2.60. The number of H-pyrrole nitrogens is 1. The van der Waals surface area contributed by atoms with Crippen LogP contribution in [0.2, 0.25) is 10.0 Å². The van der Waals surface area contributed by atoms with Gasteiger partial charge in [0.05, 0.1) is 19.0 Å². The second-order valence-electron chi connectivity index (χ2n) is 5.76. The van der Waals surface area contributed by atoms with Crippen molar-refractivity contribution < 1.29 is 8.83 Å². The third kappa shape index (κ3) is 4.00. The predicted molar refractivity (Wildman–Crippen MR) is 94.9 cm³/mol. The van der Waals surface area contributed by atoms with Crippen LogP contribution in [0.15, 0.2) is 30.6 Å². The van der Waals surface area contributed by atoms with Gasteiger partial charge < -0.3 is 14.2 Å². The van der Waals surface area contributed by atoms with E-state index < -0.39 is 11.5 Å². The van der Waals surface area contributed by atoms with E-state index in [-0.39, 0.29) is 30.8 Å². The third-order valence-corrected chi connectivity index (χ3v) is 4.17. The summed E-state index contributed by atoms with van der Waals surface area (Å²) >= 11 is 12.6. The molecule has 0 aliphatic rings. The summed E-state index contributed by atoms with van der Waals surface area (Å²) in [5.74, 6) is -0.726. The Morgan fingerprint density at radius 1 is 1.19 bits per heavy atom. The zero-order valence-electron chi connectivity index (χ0n) is 13.9. The van der Waals surface area contributed by atoms with Gasteiger partial charge in [0, 0.05) is 15.7 Å². The fraction of sp³-hybridized carbons (Fsp3) is 0.333. The molecular formula is C15H15Cl2N5O4. The van der Waals surface area contributed by atoms with Crippen molar-refractivity contribution in [2.45, 2.75) is 32.9 Å². The zero-order chi connectivity index (χ0) is 18.8. The van der Waals surface area contributed by atoms with Gasteiger partial charge in [0.15, 0.2) is 0 Å². The van der Waals surface area contributed by atoms with E-state index in [0.717, 1.165) is 0 Å². The lowest BCUT2D eigenvalue weighted by Crippen LogP contribution is -2.17. The number of nitrogens with one attached hydrogen (secondary N) is 2. The number of aromatic amines is 1. The molecule has 0 bridgehead atoms. The molecule has 0 amide bonds. The van der Waals surface area contributed by atoms with Gasteiger partial charge in [0.1, 0.15) is 0 Å². The number of halogens is 2. The maximum Gasteiger partial charge on any atom is 0.437 e. The van der Waals surface area contributed by atoms with Crippen molar-refractivity contribution in [2.75, 3.05) is 5.32 Å². The minimum atomic E-state index is -0.629. The second-order valence-corrected chi connectivity index (χ2v) is 6.57. The Bertz CT molecular complexity index is 1010. The van der Waals surface area contributed by atoms with E-state index in [1.165, 1.54) is 4.68 Å². The van der Waals surface area contributed by atoms with Crippen LogP contribution in [-0.2, 0) is 13.0 Å². The molecule has 0 fully saturated rings. The number of anilines is 1. The van der Waals surface area contributed by atoms with E-state index in [0.29, 0.717) is 21.3 Å². The summed E-state index contributed by atoms with van der Waals surface area (Å²) in [6.07, 6.45) is 0.182. The van der Waals surface area contributed by atoms with Crippen molar-refractivity contribution in [1.82, 2.24) is 20.0 Å². The molecule has 2 heterocycles. The molecule has 3 aromatic rings. The van der Waals surface area contributed by atoms with Crippen LogP contribution in [0.3, 0.4) is 0 Å². The van der Waals surface area contributed by atoms with Gasteiger partial charge in [0.2, 0.25) is 11.8 Å². The average molecular weight is 400 g/mol. The minimum absolute atomic E-state index is 0.111. The molecule has 3 rings (SSSR count). The topological polar surface area (TPSA) is 119 Å². The van der Waals surface area contributed by atoms with Gasteiger partial charge in [-0.05, 0) is 31.5 Å². The summed E-state index contributed by atoms with van der Waals surface area (Å²) in [6, 6.07) is 3.20. The number of benzene rings is 1. The molecule has 0 atom stereocenters. The molecule has 0 spiro atoms. The van der Waals surface area contributed by atoms with Gasteiger partial charge in [-0.15, -0.1) is 10.2 Å². The van der Waals surface area contributed by atoms with Gasteiger partial charge in [-0.3, -0.25) is 0 Å². The lowest BCUT2D eigenvalue weighted by molar-refractivity contribution is 0.434. The Kier molecular flexibility index (Phi) is 5.19. The quantitative estimate of drug-likeness (QED) is 0.653. The fourth-order valence-corrected chi connectivity index (χ4v) is 2.89.